The topological polar surface area (TPSA) is 49.3 Å². The molecule has 0 amide bonds. The molecule has 0 spiro atoms. The summed E-state index contributed by atoms with van der Waals surface area (Å²) in [7, 11) is 0. The van der Waals surface area contributed by atoms with E-state index in [1.165, 1.54) is 0 Å². The highest BCUT2D eigenvalue weighted by molar-refractivity contribution is 5.89. The van der Waals surface area contributed by atoms with Crippen molar-refractivity contribution in [3.8, 4) is 11.8 Å². The second kappa shape index (κ2) is 5.84. The SMILES string of the molecule is CC#CCNCc1ccccc1C(=O)O. The molecule has 0 heterocycles. The third-order valence-electron chi connectivity index (χ3n) is 1.95. The van der Waals surface area contributed by atoms with Crippen LogP contribution in [0, 0.1) is 11.8 Å². The average Bonchev–Trinajstić information content (AvgIpc) is 2.25. The molecular formula is C12H13NO2. The summed E-state index contributed by atoms with van der Waals surface area (Å²) in [5.41, 5.74) is 1.12. The Bertz CT molecular complexity index is 402. The number of hydrogen-bond donors (Lipinski definition) is 2. The number of nitrogens with one attached hydrogen (secondary N) is 1. The Labute approximate surface area is 89.1 Å². The van der Waals surface area contributed by atoms with E-state index in [2.05, 4.69) is 17.2 Å². The van der Waals surface area contributed by atoms with Gasteiger partial charge in [-0.25, -0.2) is 4.79 Å². The summed E-state index contributed by atoms with van der Waals surface area (Å²) in [4.78, 5) is 10.9. The van der Waals surface area contributed by atoms with Gasteiger partial charge in [-0.15, -0.1) is 5.92 Å². The molecule has 0 saturated carbocycles. The van der Waals surface area contributed by atoms with Crippen LogP contribution in [0.3, 0.4) is 0 Å². The van der Waals surface area contributed by atoms with Crippen LogP contribution in [0.5, 0.6) is 0 Å². The normalized spacial score (nSPS) is 9.13. The third-order valence-corrected chi connectivity index (χ3v) is 1.95. The third kappa shape index (κ3) is 3.45. The van der Waals surface area contributed by atoms with E-state index in [-0.39, 0.29) is 0 Å². The average molecular weight is 203 g/mol. The summed E-state index contributed by atoms with van der Waals surface area (Å²) >= 11 is 0. The first kappa shape index (κ1) is 11.3. The van der Waals surface area contributed by atoms with Crippen LogP contribution in [-0.2, 0) is 6.54 Å². The molecule has 0 aliphatic carbocycles. The van der Waals surface area contributed by atoms with Crippen molar-refractivity contribution in [2.45, 2.75) is 13.5 Å². The second-order valence-corrected chi connectivity index (χ2v) is 2.99. The second-order valence-electron chi connectivity index (χ2n) is 2.99. The molecule has 0 saturated heterocycles. The fraction of sp³-hybridized carbons (Fsp3) is 0.250. The van der Waals surface area contributed by atoms with E-state index in [0.717, 1.165) is 5.56 Å². The quantitative estimate of drug-likeness (QED) is 0.576. The lowest BCUT2D eigenvalue weighted by molar-refractivity contribution is 0.0695. The summed E-state index contributed by atoms with van der Waals surface area (Å²) < 4.78 is 0. The summed E-state index contributed by atoms with van der Waals surface area (Å²) in [5.74, 6) is 4.73. The van der Waals surface area contributed by atoms with Gasteiger partial charge >= 0.3 is 5.97 Å². The van der Waals surface area contributed by atoms with Gasteiger partial charge in [0.2, 0.25) is 0 Å². The summed E-state index contributed by atoms with van der Waals surface area (Å²) in [6.45, 7) is 2.87. The number of benzene rings is 1. The monoisotopic (exact) mass is 203 g/mol. The largest absolute Gasteiger partial charge is 0.478 e. The lowest BCUT2D eigenvalue weighted by Crippen LogP contribution is -2.15. The van der Waals surface area contributed by atoms with E-state index in [1.807, 2.05) is 6.07 Å². The van der Waals surface area contributed by atoms with Crippen molar-refractivity contribution >= 4 is 5.97 Å². The zero-order valence-electron chi connectivity index (χ0n) is 8.58. The molecule has 0 atom stereocenters. The molecule has 3 nitrogen and oxygen atoms in total. The first-order valence-corrected chi connectivity index (χ1v) is 4.67. The molecular weight excluding hydrogens is 190 g/mol. The Morgan fingerprint density at radius 1 is 1.47 bits per heavy atom. The smallest absolute Gasteiger partial charge is 0.336 e. The van der Waals surface area contributed by atoms with Gasteiger partial charge in [0, 0.05) is 6.54 Å². The zero-order valence-corrected chi connectivity index (χ0v) is 8.58. The van der Waals surface area contributed by atoms with Crippen LogP contribution in [-0.4, -0.2) is 17.6 Å². The van der Waals surface area contributed by atoms with Gasteiger partial charge in [-0.3, -0.25) is 0 Å². The van der Waals surface area contributed by atoms with Crippen LogP contribution in [0.2, 0.25) is 0 Å². The standard InChI is InChI=1S/C12H13NO2/c1-2-3-8-13-9-10-6-4-5-7-11(10)12(14)15/h4-7,13H,8-9H2,1H3,(H,14,15). The molecule has 3 heteroatoms. The van der Waals surface area contributed by atoms with Gasteiger partial charge in [0.1, 0.15) is 0 Å². The van der Waals surface area contributed by atoms with Crippen LogP contribution in [0.15, 0.2) is 24.3 Å². The van der Waals surface area contributed by atoms with Gasteiger partial charge in [-0.05, 0) is 18.6 Å². The predicted octanol–water partition coefficient (Wildman–Crippen LogP) is 1.50. The fourth-order valence-corrected chi connectivity index (χ4v) is 1.23. The maximum Gasteiger partial charge on any atom is 0.336 e. The Balaban J connectivity index is 2.66. The van der Waals surface area contributed by atoms with Crippen molar-refractivity contribution < 1.29 is 9.90 Å². The van der Waals surface area contributed by atoms with Gasteiger partial charge in [0.15, 0.2) is 0 Å². The highest BCUT2D eigenvalue weighted by Crippen LogP contribution is 2.07. The fourth-order valence-electron chi connectivity index (χ4n) is 1.23. The van der Waals surface area contributed by atoms with Gasteiger partial charge in [0.05, 0.1) is 12.1 Å². The highest BCUT2D eigenvalue weighted by atomic mass is 16.4. The molecule has 0 unspecified atom stereocenters. The van der Waals surface area contributed by atoms with Crippen molar-refractivity contribution in [1.82, 2.24) is 5.32 Å². The van der Waals surface area contributed by atoms with E-state index in [9.17, 15) is 4.79 Å². The molecule has 78 valence electrons. The van der Waals surface area contributed by atoms with E-state index in [1.54, 1.807) is 25.1 Å². The Morgan fingerprint density at radius 2 is 2.20 bits per heavy atom. The minimum atomic E-state index is -0.894. The lowest BCUT2D eigenvalue weighted by Gasteiger charge is -2.05. The minimum Gasteiger partial charge on any atom is -0.478 e. The Kier molecular flexibility index (Phi) is 4.39. The number of aromatic carboxylic acids is 1. The number of hydrogen-bond acceptors (Lipinski definition) is 2. The Morgan fingerprint density at radius 3 is 2.87 bits per heavy atom. The van der Waals surface area contributed by atoms with Crippen LogP contribution < -0.4 is 5.32 Å². The van der Waals surface area contributed by atoms with Gasteiger partial charge < -0.3 is 10.4 Å². The first-order chi connectivity index (χ1) is 7.25. The van der Waals surface area contributed by atoms with E-state index >= 15 is 0 Å². The molecule has 1 aromatic carbocycles. The molecule has 0 aliphatic heterocycles. The first-order valence-electron chi connectivity index (χ1n) is 4.67. The maximum absolute atomic E-state index is 10.9. The summed E-state index contributed by atoms with van der Waals surface area (Å²) in [6, 6.07) is 6.95. The van der Waals surface area contributed by atoms with E-state index < -0.39 is 5.97 Å². The summed E-state index contributed by atoms with van der Waals surface area (Å²) in [6.07, 6.45) is 0. The molecule has 0 fully saturated rings. The van der Waals surface area contributed by atoms with E-state index in [4.69, 9.17) is 5.11 Å². The number of carbonyl (C=O) groups is 1. The van der Waals surface area contributed by atoms with Crippen LogP contribution in [0.25, 0.3) is 0 Å². The van der Waals surface area contributed by atoms with Crippen LogP contribution in [0.1, 0.15) is 22.8 Å². The highest BCUT2D eigenvalue weighted by Gasteiger charge is 2.07. The molecule has 0 bridgehead atoms. The molecule has 2 N–H and O–H groups in total. The van der Waals surface area contributed by atoms with Gasteiger partial charge in [-0.2, -0.15) is 0 Å². The van der Waals surface area contributed by atoms with Crippen LogP contribution in [0.4, 0.5) is 0 Å². The number of rotatable bonds is 4. The lowest BCUT2D eigenvalue weighted by atomic mass is 10.1. The predicted molar refractivity (Wildman–Crippen MR) is 58.6 cm³/mol. The summed E-state index contributed by atoms with van der Waals surface area (Å²) in [5, 5.41) is 12.0. The maximum atomic E-state index is 10.9. The van der Waals surface area contributed by atoms with Crippen molar-refractivity contribution in [2.24, 2.45) is 0 Å². The van der Waals surface area contributed by atoms with Gasteiger partial charge in [0.25, 0.3) is 0 Å². The number of carboxylic acid groups (broad SMARTS) is 1. The molecule has 15 heavy (non-hydrogen) atoms. The minimum absolute atomic E-state index is 0.342. The molecule has 0 radical (unpaired) electrons. The molecule has 0 aliphatic rings. The van der Waals surface area contributed by atoms with E-state index in [0.29, 0.717) is 18.7 Å². The van der Waals surface area contributed by atoms with Gasteiger partial charge in [-0.1, -0.05) is 24.1 Å². The molecule has 0 aromatic heterocycles. The zero-order chi connectivity index (χ0) is 11.1. The molecule has 1 aromatic rings. The Hall–Kier alpha value is -1.79. The van der Waals surface area contributed by atoms with Crippen molar-refractivity contribution in [3.63, 3.8) is 0 Å². The number of carboxylic acids is 1. The van der Waals surface area contributed by atoms with Crippen molar-refractivity contribution in [2.75, 3.05) is 6.54 Å². The van der Waals surface area contributed by atoms with Crippen molar-refractivity contribution in [1.29, 1.82) is 0 Å². The van der Waals surface area contributed by atoms with Crippen molar-refractivity contribution in [3.05, 3.63) is 35.4 Å². The molecule has 1 rings (SSSR count). The van der Waals surface area contributed by atoms with Crippen LogP contribution >= 0.6 is 0 Å².